The Hall–Kier alpha value is -1.07. The Morgan fingerprint density at radius 3 is 3.17 bits per heavy atom. The molecule has 1 aromatic heterocycles. The fraction of sp³-hybridized carbons (Fsp3) is 0.615. The third kappa shape index (κ3) is 3.46. The molecule has 0 saturated carbocycles. The molecule has 1 aliphatic rings. The Balaban J connectivity index is 1.77. The number of aryl methyl sites for hydroxylation is 1. The van der Waals surface area contributed by atoms with Crippen LogP contribution in [0.4, 0.5) is 0 Å². The smallest absolute Gasteiger partial charge is 0.349 e. The van der Waals surface area contributed by atoms with Gasteiger partial charge < -0.3 is 14.6 Å². The second-order valence-corrected chi connectivity index (χ2v) is 5.74. The van der Waals surface area contributed by atoms with Crippen molar-refractivity contribution >= 4 is 17.3 Å². The molecule has 1 fully saturated rings. The SMILES string of the molecule is Cc1cc(OCCCC2CCCO2)c(C(=O)O)s1. The fourth-order valence-electron chi connectivity index (χ4n) is 2.11. The van der Waals surface area contributed by atoms with E-state index in [1.807, 2.05) is 6.92 Å². The van der Waals surface area contributed by atoms with Crippen molar-refractivity contribution < 1.29 is 19.4 Å². The molecule has 0 bridgehead atoms. The molecule has 100 valence electrons. The minimum Gasteiger partial charge on any atom is -0.492 e. The lowest BCUT2D eigenvalue weighted by atomic mass is 10.1. The van der Waals surface area contributed by atoms with Gasteiger partial charge >= 0.3 is 5.97 Å². The van der Waals surface area contributed by atoms with Crippen molar-refractivity contribution in [1.29, 1.82) is 0 Å². The van der Waals surface area contributed by atoms with Gasteiger partial charge in [-0.15, -0.1) is 11.3 Å². The molecule has 4 nitrogen and oxygen atoms in total. The molecule has 0 amide bonds. The first-order valence-electron chi connectivity index (χ1n) is 6.25. The van der Waals surface area contributed by atoms with Gasteiger partial charge in [-0.25, -0.2) is 4.79 Å². The molecule has 0 aliphatic carbocycles. The summed E-state index contributed by atoms with van der Waals surface area (Å²) < 4.78 is 11.1. The highest BCUT2D eigenvalue weighted by Crippen LogP contribution is 2.29. The summed E-state index contributed by atoms with van der Waals surface area (Å²) in [6.45, 7) is 3.31. The summed E-state index contributed by atoms with van der Waals surface area (Å²) in [6.07, 6.45) is 4.55. The maximum Gasteiger partial charge on any atom is 0.349 e. The van der Waals surface area contributed by atoms with E-state index in [1.54, 1.807) is 6.07 Å². The van der Waals surface area contributed by atoms with Crippen LogP contribution in [-0.2, 0) is 4.74 Å². The highest BCUT2D eigenvalue weighted by molar-refractivity contribution is 7.14. The van der Waals surface area contributed by atoms with E-state index in [0.717, 1.165) is 37.2 Å². The number of thiophene rings is 1. The molecule has 1 aliphatic heterocycles. The third-order valence-electron chi connectivity index (χ3n) is 2.97. The van der Waals surface area contributed by atoms with Crippen LogP contribution < -0.4 is 4.74 Å². The van der Waals surface area contributed by atoms with Gasteiger partial charge in [0.05, 0.1) is 12.7 Å². The molecular formula is C13H18O4S. The van der Waals surface area contributed by atoms with E-state index in [-0.39, 0.29) is 0 Å². The Morgan fingerprint density at radius 1 is 1.67 bits per heavy atom. The number of aromatic carboxylic acids is 1. The van der Waals surface area contributed by atoms with Gasteiger partial charge in [0, 0.05) is 11.5 Å². The summed E-state index contributed by atoms with van der Waals surface area (Å²) in [5.41, 5.74) is 0. The lowest BCUT2D eigenvalue weighted by molar-refractivity contribution is 0.0696. The van der Waals surface area contributed by atoms with Crippen molar-refractivity contribution in [3.8, 4) is 5.75 Å². The van der Waals surface area contributed by atoms with Gasteiger partial charge in [-0.1, -0.05) is 0 Å². The van der Waals surface area contributed by atoms with Gasteiger partial charge in [-0.3, -0.25) is 0 Å². The van der Waals surface area contributed by atoms with E-state index < -0.39 is 5.97 Å². The van der Waals surface area contributed by atoms with Crippen molar-refractivity contribution in [2.24, 2.45) is 0 Å². The van der Waals surface area contributed by atoms with Gasteiger partial charge in [-0.05, 0) is 38.7 Å². The Bertz CT molecular complexity index is 407. The third-order valence-corrected chi connectivity index (χ3v) is 3.99. The molecule has 1 aromatic rings. The lowest BCUT2D eigenvalue weighted by Crippen LogP contribution is -2.08. The molecule has 2 rings (SSSR count). The molecular weight excluding hydrogens is 252 g/mol. The predicted molar refractivity (Wildman–Crippen MR) is 69.7 cm³/mol. The number of rotatable bonds is 6. The van der Waals surface area contributed by atoms with Crippen molar-refractivity contribution in [3.05, 3.63) is 15.8 Å². The monoisotopic (exact) mass is 270 g/mol. The van der Waals surface area contributed by atoms with Gasteiger partial charge in [-0.2, -0.15) is 0 Å². The van der Waals surface area contributed by atoms with Crippen molar-refractivity contribution in [2.45, 2.75) is 38.7 Å². The minimum absolute atomic E-state index is 0.296. The highest BCUT2D eigenvalue weighted by Gasteiger charge is 2.17. The standard InChI is InChI=1S/C13H18O4S/c1-9-8-11(12(18-9)13(14)15)17-7-3-5-10-4-2-6-16-10/h8,10H,2-7H2,1H3,(H,14,15). The maximum atomic E-state index is 11.0. The molecule has 2 heterocycles. The van der Waals surface area contributed by atoms with Crippen molar-refractivity contribution in [1.82, 2.24) is 0 Å². The predicted octanol–water partition coefficient (Wildman–Crippen LogP) is 3.09. The first kappa shape index (κ1) is 13.4. The van der Waals surface area contributed by atoms with E-state index in [2.05, 4.69) is 0 Å². The van der Waals surface area contributed by atoms with Gasteiger partial charge in [0.1, 0.15) is 5.75 Å². The van der Waals surface area contributed by atoms with Crippen LogP contribution in [0.5, 0.6) is 5.75 Å². The van der Waals surface area contributed by atoms with E-state index in [1.165, 1.54) is 11.3 Å². The zero-order valence-electron chi connectivity index (χ0n) is 10.5. The molecule has 0 radical (unpaired) electrons. The van der Waals surface area contributed by atoms with Gasteiger partial charge in [0.2, 0.25) is 0 Å². The van der Waals surface area contributed by atoms with Crippen LogP contribution >= 0.6 is 11.3 Å². The molecule has 18 heavy (non-hydrogen) atoms. The number of carbonyl (C=O) groups is 1. The molecule has 1 saturated heterocycles. The number of carboxylic acid groups (broad SMARTS) is 1. The number of carboxylic acids is 1. The van der Waals surface area contributed by atoms with Gasteiger partial charge in [0.15, 0.2) is 4.88 Å². The topological polar surface area (TPSA) is 55.8 Å². The van der Waals surface area contributed by atoms with Crippen LogP contribution in [0.1, 0.15) is 40.2 Å². The molecule has 1 N–H and O–H groups in total. The van der Waals surface area contributed by atoms with E-state index in [4.69, 9.17) is 14.6 Å². The molecule has 5 heteroatoms. The zero-order chi connectivity index (χ0) is 13.0. The number of hydrogen-bond acceptors (Lipinski definition) is 4. The fourth-order valence-corrected chi connectivity index (χ4v) is 2.91. The zero-order valence-corrected chi connectivity index (χ0v) is 11.3. The van der Waals surface area contributed by atoms with Crippen LogP contribution in [-0.4, -0.2) is 30.4 Å². The van der Waals surface area contributed by atoms with E-state index >= 15 is 0 Å². The second-order valence-electron chi connectivity index (χ2n) is 4.48. The van der Waals surface area contributed by atoms with Crippen LogP contribution in [0.3, 0.4) is 0 Å². The molecule has 1 unspecified atom stereocenters. The average Bonchev–Trinajstić information content (AvgIpc) is 2.93. The summed E-state index contributed by atoms with van der Waals surface area (Å²) in [7, 11) is 0. The van der Waals surface area contributed by atoms with Crippen molar-refractivity contribution in [3.63, 3.8) is 0 Å². The molecule has 0 aromatic carbocycles. The summed E-state index contributed by atoms with van der Waals surface area (Å²) >= 11 is 1.26. The summed E-state index contributed by atoms with van der Waals surface area (Å²) in [6, 6.07) is 1.79. The average molecular weight is 270 g/mol. The minimum atomic E-state index is -0.915. The van der Waals surface area contributed by atoms with Gasteiger partial charge in [0.25, 0.3) is 0 Å². The van der Waals surface area contributed by atoms with Crippen LogP contribution in [0.15, 0.2) is 6.07 Å². The maximum absolute atomic E-state index is 11.0. The van der Waals surface area contributed by atoms with Crippen LogP contribution in [0.2, 0.25) is 0 Å². The van der Waals surface area contributed by atoms with Crippen LogP contribution in [0.25, 0.3) is 0 Å². The highest BCUT2D eigenvalue weighted by atomic mass is 32.1. The number of ether oxygens (including phenoxy) is 2. The molecule has 0 spiro atoms. The number of hydrogen-bond donors (Lipinski definition) is 1. The Labute approximate surface area is 111 Å². The lowest BCUT2D eigenvalue weighted by Gasteiger charge is -2.09. The van der Waals surface area contributed by atoms with Crippen molar-refractivity contribution in [2.75, 3.05) is 13.2 Å². The van der Waals surface area contributed by atoms with E-state index in [0.29, 0.717) is 23.3 Å². The summed E-state index contributed by atoms with van der Waals surface area (Å²) in [4.78, 5) is 12.2. The largest absolute Gasteiger partial charge is 0.492 e. The molecule has 1 atom stereocenters. The Kier molecular flexibility index (Phi) is 4.60. The summed E-state index contributed by atoms with van der Waals surface area (Å²) in [5.74, 6) is -0.417. The first-order chi connectivity index (χ1) is 8.66. The first-order valence-corrected chi connectivity index (χ1v) is 7.06. The van der Waals surface area contributed by atoms with Crippen LogP contribution in [0, 0.1) is 6.92 Å². The Morgan fingerprint density at radius 2 is 2.50 bits per heavy atom. The normalized spacial score (nSPS) is 19.1. The second kappa shape index (κ2) is 6.20. The summed E-state index contributed by atoms with van der Waals surface area (Å²) in [5, 5.41) is 9.02. The van der Waals surface area contributed by atoms with E-state index in [9.17, 15) is 4.79 Å². The quantitative estimate of drug-likeness (QED) is 0.807.